The summed E-state index contributed by atoms with van der Waals surface area (Å²) in [5.74, 6) is 6.11. The smallest absolute Gasteiger partial charge is 0.153 e. The van der Waals surface area contributed by atoms with Crippen molar-refractivity contribution in [3.05, 3.63) is 23.5 Å². The standard InChI is InChI=1S/C13H19N3O2.C2H6/c14-18-13-3-4-15-12-2-1-10(9-11(12)13)16-5-7-17-8-6-16;1-2/h3-4,10H,1-2,5-9,14H2;1-2H3. The fourth-order valence-corrected chi connectivity index (χ4v) is 2.96. The summed E-state index contributed by atoms with van der Waals surface area (Å²) in [5.41, 5.74) is 2.32. The van der Waals surface area contributed by atoms with Crippen LogP contribution in [-0.4, -0.2) is 42.2 Å². The van der Waals surface area contributed by atoms with Gasteiger partial charge in [-0.1, -0.05) is 13.8 Å². The van der Waals surface area contributed by atoms with Crippen LogP contribution in [0.15, 0.2) is 12.3 Å². The minimum atomic E-state index is 0.569. The van der Waals surface area contributed by atoms with E-state index in [-0.39, 0.29) is 0 Å². The van der Waals surface area contributed by atoms with E-state index in [1.807, 2.05) is 19.9 Å². The highest BCUT2D eigenvalue weighted by Gasteiger charge is 2.28. The Morgan fingerprint density at radius 1 is 1.35 bits per heavy atom. The van der Waals surface area contributed by atoms with Gasteiger partial charge in [0, 0.05) is 42.7 Å². The normalized spacial score (nSPS) is 22.4. The van der Waals surface area contributed by atoms with Crippen molar-refractivity contribution in [1.82, 2.24) is 9.88 Å². The van der Waals surface area contributed by atoms with Gasteiger partial charge in [-0.2, -0.15) is 5.90 Å². The molecule has 1 aromatic heterocycles. The monoisotopic (exact) mass is 279 g/mol. The lowest BCUT2D eigenvalue weighted by Crippen LogP contribution is -2.46. The Labute approximate surface area is 121 Å². The molecule has 3 rings (SSSR count). The Morgan fingerprint density at radius 2 is 2.10 bits per heavy atom. The Bertz CT molecular complexity index is 405. The summed E-state index contributed by atoms with van der Waals surface area (Å²) in [4.78, 5) is 11.9. The SMILES string of the molecule is CC.NOc1ccnc2c1CC(N1CCOCC1)CC2. The number of pyridine rings is 1. The second-order valence-electron chi connectivity index (χ2n) is 4.90. The predicted octanol–water partition coefficient (Wildman–Crippen LogP) is 1.55. The molecule has 2 heterocycles. The number of fused-ring (bicyclic) bond motifs is 1. The number of hydrogen-bond donors (Lipinski definition) is 1. The molecule has 2 aliphatic rings. The number of hydrogen-bond acceptors (Lipinski definition) is 5. The van der Waals surface area contributed by atoms with Gasteiger partial charge in [-0.25, -0.2) is 0 Å². The highest BCUT2D eigenvalue weighted by molar-refractivity contribution is 5.38. The number of aryl methyl sites for hydroxylation is 1. The average Bonchev–Trinajstić information content (AvgIpc) is 2.56. The van der Waals surface area contributed by atoms with Gasteiger partial charge in [0.1, 0.15) is 0 Å². The van der Waals surface area contributed by atoms with E-state index in [0.717, 1.165) is 57.0 Å². The number of ether oxygens (including phenoxy) is 1. The van der Waals surface area contributed by atoms with Crippen molar-refractivity contribution in [3.8, 4) is 5.75 Å². The topological polar surface area (TPSA) is 60.6 Å². The van der Waals surface area contributed by atoms with Gasteiger partial charge in [0.05, 0.1) is 13.2 Å². The lowest BCUT2D eigenvalue weighted by atomic mass is 9.90. The summed E-state index contributed by atoms with van der Waals surface area (Å²) in [6, 6.07) is 2.42. The Morgan fingerprint density at radius 3 is 2.80 bits per heavy atom. The van der Waals surface area contributed by atoms with Crippen LogP contribution in [0.2, 0.25) is 0 Å². The molecule has 1 unspecified atom stereocenters. The van der Waals surface area contributed by atoms with E-state index >= 15 is 0 Å². The zero-order valence-electron chi connectivity index (χ0n) is 12.5. The highest BCUT2D eigenvalue weighted by Crippen LogP contribution is 2.29. The predicted molar refractivity (Wildman–Crippen MR) is 78.6 cm³/mol. The quantitative estimate of drug-likeness (QED) is 0.832. The molecule has 0 radical (unpaired) electrons. The molecule has 0 aromatic carbocycles. The number of aromatic nitrogens is 1. The molecule has 1 aromatic rings. The van der Waals surface area contributed by atoms with Crippen LogP contribution in [0.3, 0.4) is 0 Å². The molecule has 1 fully saturated rings. The van der Waals surface area contributed by atoms with E-state index in [9.17, 15) is 0 Å². The van der Waals surface area contributed by atoms with Gasteiger partial charge in [-0.3, -0.25) is 9.88 Å². The molecule has 0 saturated carbocycles. The fraction of sp³-hybridized carbons (Fsp3) is 0.667. The van der Waals surface area contributed by atoms with Crippen molar-refractivity contribution in [2.75, 3.05) is 26.3 Å². The summed E-state index contributed by atoms with van der Waals surface area (Å²) in [5, 5.41) is 0. The van der Waals surface area contributed by atoms with Crippen LogP contribution in [0.5, 0.6) is 5.75 Å². The van der Waals surface area contributed by atoms with E-state index in [0.29, 0.717) is 6.04 Å². The minimum Gasteiger partial charge on any atom is -0.411 e. The molecule has 2 N–H and O–H groups in total. The third-order valence-corrected chi connectivity index (χ3v) is 3.95. The molecular formula is C15H25N3O2. The van der Waals surface area contributed by atoms with Crippen LogP contribution in [0, 0.1) is 0 Å². The van der Waals surface area contributed by atoms with Crippen molar-refractivity contribution in [3.63, 3.8) is 0 Å². The fourth-order valence-electron chi connectivity index (χ4n) is 2.96. The number of rotatable bonds is 2. The zero-order valence-corrected chi connectivity index (χ0v) is 12.5. The lowest BCUT2D eigenvalue weighted by molar-refractivity contribution is 0.0134. The first kappa shape index (κ1) is 15.2. The summed E-state index contributed by atoms with van der Waals surface area (Å²) in [6.45, 7) is 7.74. The summed E-state index contributed by atoms with van der Waals surface area (Å²) in [7, 11) is 0. The maximum Gasteiger partial charge on any atom is 0.153 e. The summed E-state index contributed by atoms with van der Waals surface area (Å²) >= 11 is 0. The van der Waals surface area contributed by atoms with Crippen molar-refractivity contribution in [2.45, 2.75) is 39.2 Å². The number of morpholine rings is 1. The first-order chi connectivity index (χ1) is 9.88. The second-order valence-corrected chi connectivity index (χ2v) is 4.90. The number of nitrogens with zero attached hydrogens (tertiary/aromatic N) is 2. The minimum absolute atomic E-state index is 0.569. The molecule has 0 amide bonds. The van der Waals surface area contributed by atoms with Crippen LogP contribution >= 0.6 is 0 Å². The van der Waals surface area contributed by atoms with Gasteiger partial charge in [0.25, 0.3) is 0 Å². The average molecular weight is 279 g/mol. The van der Waals surface area contributed by atoms with Crippen LogP contribution < -0.4 is 10.7 Å². The van der Waals surface area contributed by atoms with Gasteiger partial charge in [-0.05, 0) is 19.3 Å². The lowest BCUT2D eigenvalue weighted by Gasteiger charge is -2.37. The Hall–Kier alpha value is -1.17. The largest absolute Gasteiger partial charge is 0.411 e. The Balaban J connectivity index is 0.000000704. The van der Waals surface area contributed by atoms with Crippen molar-refractivity contribution >= 4 is 0 Å². The molecule has 0 spiro atoms. The summed E-state index contributed by atoms with van der Waals surface area (Å²) < 4.78 is 5.41. The molecule has 112 valence electrons. The summed E-state index contributed by atoms with van der Waals surface area (Å²) in [6.07, 6.45) is 4.92. The molecule has 1 aliphatic heterocycles. The number of nitrogens with two attached hydrogens (primary N) is 1. The van der Waals surface area contributed by atoms with Crippen LogP contribution in [0.1, 0.15) is 31.5 Å². The molecule has 5 nitrogen and oxygen atoms in total. The van der Waals surface area contributed by atoms with Gasteiger partial charge in [0.15, 0.2) is 5.75 Å². The van der Waals surface area contributed by atoms with Crippen molar-refractivity contribution in [2.24, 2.45) is 5.90 Å². The van der Waals surface area contributed by atoms with Gasteiger partial charge >= 0.3 is 0 Å². The van der Waals surface area contributed by atoms with Gasteiger partial charge in [-0.15, -0.1) is 0 Å². The van der Waals surface area contributed by atoms with E-state index in [2.05, 4.69) is 9.88 Å². The molecule has 20 heavy (non-hydrogen) atoms. The van der Waals surface area contributed by atoms with Gasteiger partial charge in [0.2, 0.25) is 0 Å². The van der Waals surface area contributed by atoms with E-state index < -0.39 is 0 Å². The van der Waals surface area contributed by atoms with E-state index in [4.69, 9.17) is 15.5 Å². The van der Waals surface area contributed by atoms with E-state index in [1.165, 1.54) is 5.56 Å². The molecule has 0 bridgehead atoms. The maximum atomic E-state index is 5.41. The third kappa shape index (κ3) is 3.29. The molecule has 1 aliphatic carbocycles. The molecular weight excluding hydrogens is 254 g/mol. The van der Waals surface area contributed by atoms with Crippen LogP contribution in [0.25, 0.3) is 0 Å². The molecule has 1 saturated heterocycles. The van der Waals surface area contributed by atoms with Crippen molar-refractivity contribution < 1.29 is 9.57 Å². The van der Waals surface area contributed by atoms with Crippen LogP contribution in [-0.2, 0) is 17.6 Å². The third-order valence-electron chi connectivity index (χ3n) is 3.95. The molecule has 1 atom stereocenters. The first-order valence-electron chi connectivity index (χ1n) is 7.54. The Kier molecular flexibility index (Phi) is 5.76. The van der Waals surface area contributed by atoms with Crippen LogP contribution in [0.4, 0.5) is 0 Å². The highest BCUT2D eigenvalue weighted by atomic mass is 16.6. The molecule has 5 heteroatoms. The zero-order chi connectivity index (χ0) is 14.4. The van der Waals surface area contributed by atoms with E-state index in [1.54, 1.807) is 6.20 Å². The first-order valence-corrected chi connectivity index (χ1v) is 7.54. The van der Waals surface area contributed by atoms with Gasteiger partial charge < -0.3 is 9.57 Å². The van der Waals surface area contributed by atoms with Crippen molar-refractivity contribution in [1.29, 1.82) is 0 Å². The second kappa shape index (κ2) is 7.57. The maximum absolute atomic E-state index is 5.41.